The van der Waals surface area contributed by atoms with Gasteiger partial charge in [0, 0.05) is 27.8 Å². The topological polar surface area (TPSA) is 3.24 Å². The molecule has 0 aliphatic heterocycles. The fourth-order valence-corrected chi connectivity index (χ4v) is 8.69. The smallest absolute Gasteiger partial charge is 0.148 e. The number of halogens is 1. The summed E-state index contributed by atoms with van der Waals surface area (Å²) in [4.78, 5) is 1.73. The Labute approximate surface area is 318 Å². The summed E-state index contributed by atoms with van der Waals surface area (Å²) in [7, 11) is 0. The van der Waals surface area contributed by atoms with Crippen LogP contribution in [-0.2, 0) is 10.8 Å². The third kappa shape index (κ3) is 4.34. The molecular weight excluding hydrogens is 634 g/mol. The van der Waals surface area contributed by atoms with E-state index in [4.69, 9.17) is 11.0 Å². The van der Waals surface area contributed by atoms with Gasteiger partial charge < -0.3 is 4.90 Å². The maximum absolute atomic E-state index is 18.1. The summed E-state index contributed by atoms with van der Waals surface area (Å²) >= 11 is 0. The van der Waals surface area contributed by atoms with E-state index >= 15 is 4.39 Å². The first-order chi connectivity index (χ1) is 29.4. The van der Waals surface area contributed by atoms with E-state index in [9.17, 15) is 2.74 Å². The van der Waals surface area contributed by atoms with Gasteiger partial charge in [0.1, 0.15) is 5.82 Å². The van der Waals surface area contributed by atoms with Crippen molar-refractivity contribution in [1.29, 1.82) is 0 Å². The number of hydrogen-bond acceptors (Lipinski definition) is 1. The predicted molar refractivity (Wildman–Crippen MR) is 217 cm³/mol. The van der Waals surface area contributed by atoms with E-state index in [0.29, 0.717) is 11.4 Å². The molecule has 8 aromatic rings. The zero-order chi connectivity index (χ0) is 44.1. The Balaban J connectivity index is 1.35. The fourth-order valence-electron chi connectivity index (χ4n) is 8.69. The van der Waals surface area contributed by atoms with Crippen LogP contribution in [0.4, 0.5) is 21.5 Å². The molecule has 0 aromatic heterocycles. The number of fused-ring (bicyclic) bond motifs is 3. The highest BCUT2D eigenvalue weighted by molar-refractivity contribution is 6.16. The van der Waals surface area contributed by atoms with Gasteiger partial charge in [-0.1, -0.05) is 149 Å². The zero-order valence-electron chi connectivity index (χ0n) is 39.1. The Kier molecular flexibility index (Phi) is 4.67. The summed E-state index contributed by atoms with van der Waals surface area (Å²) in [5.74, 6) is -0.909. The first-order valence-electron chi connectivity index (χ1n) is 22.4. The molecule has 250 valence electrons. The van der Waals surface area contributed by atoms with E-state index in [1.165, 1.54) is 6.07 Å². The maximum Gasteiger partial charge on any atom is 0.148 e. The van der Waals surface area contributed by atoms with Gasteiger partial charge in [0.2, 0.25) is 0 Å². The molecule has 0 heterocycles. The monoisotopic (exact) mass is 681 g/mol. The summed E-state index contributed by atoms with van der Waals surface area (Å²) in [6, 6.07) is 25.0. The average Bonchev–Trinajstić information content (AvgIpc) is 3.63. The van der Waals surface area contributed by atoms with Crippen molar-refractivity contribution in [2.24, 2.45) is 0 Å². The Hall–Kier alpha value is -5.99. The molecular formula is C50H38FN. The first kappa shape index (κ1) is 22.1. The van der Waals surface area contributed by atoms with E-state index in [-0.39, 0.29) is 27.9 Å². The molecule has 52 heavy (non-hydrogen) atoms. The Morgan fingerprint density at radius 2 is 1.12 bits per heavy atom. The van der Waals surface area contributed by atoms with Crippen LogP contribution in [0.5, 0.6) is 0 Å². The van der Waals surface area contributed by atoms with E-state index < -0.39 is 77.1 Å². The van der Waals surface area contributed by atoms with Crippen molar-refractivity contribution in [3.63, 3.8) is 0 Å². The molecule has 0 atom stereocenters. The average molecular weight is 682 g/mol. The van der Waals surface area contributed by atoms with Crippen LogP contribution in [0.25, 0.3) is 54.9 Å². The van der Waals surface area contributed by atoms with Crippen molar-refractivity contribution < 1.29 is 18.1 Å². The summed E-state index contributed by atoms with van der Waals surface area (Å²) in [5.41, 5.74) is 5.57. The summed E-state index contributed by atoms with van der Waals surface area (Å²) < 4.78 is 105. The molecule has 0 bridgehead atoms. The minimum atomic E-state index is -0.909. The molecule has 2 heteroatoms. The Bertz CT molecular complexity index is 3280. The van der Waals surface area contributed by atoms with Gasteiger partial charge in [-0.15, -0.1) is 0 Å². The zero-order valence-corrected chi connectivity index (χ0v) is 29.1. The SMILES string of the molecule is [2H]c1c([2H])c([2H])c(-c2cc(F)c(N(c3ccc4c(c3)C(C)(C)c3ccccc3-4)c3cc4c5c(ccc6cccc(c65)C4(C)C)c3)c(-c3c([2H])c([2H])c([2H])c([2H])c3[2H])c2)c([2H])c1[2H]. The third-order valence-electron chi connectivity index (χ3n) is 11.2. The summed E-state index contributed by atoms with van der Waals surface area (Å²) in [5, 5.41) is 4.24. The molecule has 0 N–H and O–H groups in total. The maximum atomic E-state index is 18.1. The largest absolute Gasteiger partial charge is 0.307 e. The van der Waals surface area contributed by atoms with Gasteiger partial charge in [-0.25, -0.2) is 4.39 Å². The molecule has 1 nitrogen and oxygen atoms in total. The van der Waals surface area contributed by atoms with Crippen LogP contribution < -0.4 is 4.90 Å². The van der Waals surface area contributed by atoms with Crippen LogP contribution >= 0.6 is 0 Å². The van der Waals surface area contributed by atoms with Crippen LogP contribution in [0, 0.1) is 5.82 Å². The van der Waals surface area contributed by atoms with Crippen LogP contribution in [0.2, 0.25) is 0 Å². The predicted octanol–water partition coefficient (Wildman–Crippen LogP) is 13.9. The second-order valence-corrected chi connectivity index (χ2v) is 14.8. The second-order valence-electron chi connectivity index (χ2n) is 14.8. The molecule has 0 saturated heterocycles. The van der Waals surface area contributed by atoms with Gasteiger partial charge in [0.15, 0.2) is 0 Å². The van der Waals surface area contributed by atoms with Gasteiger partial charge in [-0.2, -0.15) is 0 Å². The molecule has 0 fully saturated rings. The molecule has 0 spiro atoms. The quantitative estimate of drug-likeness (QED) is 0.163. The molecule has 0 amide bonds. The number of nitrogens with zero attached hydrogens (tertiary/aromatic N) is 1. The van der Waals surface area contributed by atoms with Crippen molar-refractivity contribution in [2.75, 3.05) is 4.90 Å². The lowest BCUT2D eigenvalue weighted by Crippen LogP contribution is -2.19. The normalized spacial score (nSPS) is 17.2. The van der Waals surface area contributed by atoms with Crippen molar-refractivity contribution in [1.82, 2.24) is 0 Å². The van der Waals surface area contributed by atoms with Gasteiger partial charge >= 0.3 is 0 Å². The van der Waals surface area contributed by atoms with E-state index in [2.05, 4.69) is 58.0 Å². The van der Waals surface area contributed by atoms with Crippen molar-refractivity contribution >= 4 is 38.6 Å². The molecule has 2 aliphatic rings. The standard InChI is InChI=1S/C50H38FN/c1-49(2)41-20-12-11-19-38(41)39-25-24-36(29-43(39)49)52(37-26-34-23-22-33-18-13-21-42-46(33)47(34)44(30-37)50(42,3)4)48-40(32-16-9-6-10-17-32)27-35(28-45(48)51)31-14-7-5-8-15-31/h5-30H,1-4H3/i5D,6D,7D,8D,9D,10D,14D,15D,16D,17D. The third-order valence-corrected chi connectivity index (χ3v) is 11.2. The molecule has 10 rings (SSSR count). The summed E-state index contributed by atoms with van der Waals surface area (Å²) in [6.45, 7) is 8.60. The van der Waals surface area contributed by atoms with Crippen molar-refractivity contribution in [2.45, 2.75) is 38.5 Å². The Morgan fingerprint density at radius 3 is 1.90 bits per heavy atom. The number of hydrogen-bond donors (Lipinski definition) is 0. The van der Waals surface area contributed by atoms with Crippen LogP contribution in [0.1, 0.15) is 63.7 Å². The summed E-state index contributed by atoms with van der Waals surface area (Å²) in [6.07, 6.45) is 0. The number of benzene rings is 8. The lowest BCUT2D eigenvalue weighted by atomic mass is 9.81. The van der Waals surface area contributed by atoms with E-state index in [0.717, 1.165) is 61.0 Å². The number of rotatable bonds is 5. The van der Waals surface area contributed by atoms with Crippen molar-refractivity contribution in [3.8, 4) is 33.4 Å². The minimum Gasteiger partial charge on any atom is -0.307 e. The Morgan fingerprint density at radius 1 is 0.481 bits per heavy atom. The highest BCUT2D eigenvalue weighted by atomic mass is 19.1. The lowest BCUT2D eigenvalue weighted by Gasteiger charge is -2.32. The van der Waals surface area contributed by atoms with Crippen molar-refractivity contribution in [3.05, 3.63) is 186 Å². The molecule has 2 aliphatic carbocycles. The molecule has 0 radical (unpaired) electrons. The number of anilines is 3. The van der Waals surface area contributed by atoms with Gasteiger partial charge in [0.05, 0.1) is 19.4 Å². The van der Waals surface area contributed by atoms with Gasteiger partial charge in [-0.05, 0) is 108 Å². The van der Waals surface area contributed by atoms with Gasteiger partial charge in [-0.3, -0.25) is 0 Å². The second kappa shape index (κ2) is 11.0. The van der Waals surface area contributed by atoms with E-state index in [1.54, 1.807) is 4.90 Å². The van der Waals surface area contributed by atoms with E-state index in [1.807, 2.05) is 54.6 Å². The molecule has 8 aromatic carbocycles. The van der Waals surface area contributed by atoms with Gasteiger partial charge in [0.25, 0.3) is 0 Å². The minimum absolute atomic E-state index is 0.119. The first-order valence-corrected chi connectivity index (χ1v) is 17.4. The molecule has 0 saturated carbocycles. The lowest BCUT2D eigenvalue weighted by molar-refractivity contribution is 0.629. The highest BCUT2D eigenvalue weighted by Gasteiger charge is 2.38. The van der Waals surface area contributed by atoms with Crippen LogP contribution in [0.3, 0.4) is 0 Å². The van der Waals surface area contributed by atoms with Crippen LogP contribution in [-0.4, -0.2) is 0 Å². The molecule has 0 unspecified atom stereocenters. The van der Waals surface area contributed by atoms with Crippen LogP contribution in [0.15, 0.2) is 157 Å². The fraction of sp³-hybridized carbons (Fsp3) is 0.120. The highest BCUT2D eigenvalue weighted by Crippen LogP contribution is 2.54.